The Balaban J connectivity index is 1.15. The minimum absolute atomic E-state index is 0.0206. The van der Waals surface area contributed by atoms with Gasteiger partial charge in [0.05, 0.1) is 54.6 Å². The van der Waals surface area contributed by atoms with E-state index in [1.165, 1.54) is 36.4 Å². The summed E-state index contributed by atoms with van der Waals surface area (Å²) in [6.07, 6.45) is -0.212. The molecular weight excluding hydrogens is 1060 g/mol. The summed E-state index contributed by atoms with van der Waals surface area (Å²) in [4.78, 5) is -1.17. The van der Waals surface area contributed by atoms with Gasteiger partial charge in [-0.15, -0.1) is 10.2 Å². The molecule has 0 aliphatic heterocycles. The number of nitrogens with zero attached hydrogens (tertiary/aromatic N) is 6. The molecule has 0 atom stereocenters. The fourth-order valence-corrected chi connectivity index (χ4v) is 9.71. The van der Waals surface area contributed by atoms with Crippen LogP contribution in [0.2, 0.25) is 0 Å². The number of aromatic hydroxyl groups is 1. The van der Waals surface area contributed by atoms with Gasteiger partial charge in [0.2, 0.25) is 0 Å². The SMILES string of the molecule is COc1ccc(Nc2ccc3c(O)c(N=Nc4cc(C)c(N=Nc5cc(C)c(N=Nc6ccc7c(S(=O)(=O)O)cc(OCCCS(=O)(=O)O)cc7c6)cc5OCCCS(=O)(=O)O)cc4C)c(S(=O)(=O)O)cc3c2)cc1. The molecule has 0 saturated heterocycles. The van der Waals surface area contributed by atoms with Crippen molar-refractivity contribution in [2.75, 3.05) is 37.1 Å². The standard InChI is InChI=1S/C48H47N7O16S4/c1-28-20-41(53-55-47-46(75(66,67)68)25-32-22-34(9-14-39(32)48(47)56)49-33-7-11-36(69-4)12-8-33)29(2)19-40(28)52-54-43-21-30(3)42(27-44(43)71-16-6-18-73(60,61)62)51-50-35-10-13-38-31(23-35)24-37(26-45(38)74(63,64)65)70-15-5-17-72(57,58)59/h7-14,19-27,49,56H,5-6,15-18H2,1-4H3,(H,57,58,59)(H,60,61,62)(H,63,64,65)(H,66,67,68). The molecular formula is C48H47N7O16S4. The summed E-state index contributed by atoms with van der Waals surface area (Å²) in [6.45, 7) is 4.67. The van der Waals surface area contributed by atoms with Crippen LogP contribution in [-0.2, 0) is 40.5 Å². The first-order chi connectivity index (χ1) is 35.2. The molecule has 7 aromatic carbocycles. The second kappa shape index (κ2) is 22.5. The lowest BCUT2D eigenvalue weighted by Crippen LogP contribution is -2.09. The van der Waals surface area contributed by atoms with Crippen molar-refractivity contribution in [1.82, 2.24) is 0 Å². The number of azo groups is 3. The average molecular weight is 1110 g/mol. The molecule has 0 bridgehead atoms. The normalized spacial score (nSPS) is 12.6. The summed E-state index contributed by atoms with van der Waals surface area (Å²) in [5.41, 5.74) is 3.60. The molecule has 0 aromatic heterocycles. The number of ether oxygens (including phenoxy) is 3. The number of aryl methyl sites for hydroxylation is 3. The summed E-state index contributed by atoms with van der Waals surface area (Å²) in [5, 5.41) is 41.2. The highest BCUT2D eigenvalue weighted by Gasteiger charge is 2.23. The van der Waals surface area contributed by atoms with E-state index in [1.54, 1.807) is 88.5 Å². The zero-order valence-corrected chi connectivity index (χ0v) is 43.4. The average Bonchev–Trinajstić information content (AvgIpc) is 3.33. The number of nitrogens with one attached hydrogen (secondary N) is 1. The summed E-state index contributed by atoms with van der Waals surface area (Å²) < 4.78 is 150. The lowest BCUT2D eigenvalue weighted by molar-refractivity contribution is 0.315. The highest BCUT2D eigenvalue weighted by molar-refractivity contribution is 7.86. The molecule has 0 unspecified atom stereocenters. The van der Waals surface area contributed by atoms with Crippen molar-refractivity contribution in [1.29, 1.82) is 0 Å². The predicted octanol–water partition coefficient (Wildman–Crippen LogP) is 11.4. The number of anilines is 2. The third-order valence-corrected chi connectivity index (χ3v) is 14.4. The van der Waals surface area contributed by atoms with Gasteiger partial charge >= 0.3 is 0 Å². The lowest BCUT2D eigenvalue weighted by atomic mass is 10.1. The third kappa shape index (κ3) is 14.6. The largest absolute Gasteiger partial charge is 0.505 e. The molecule has 0 aliphatic rings. The zero-order chi connectivity index (χ0) is 54.5. The first-order valence-corrected chi connectivity index (χ1v) is 28.2. The van der Waals surface area contributed by atoms with Gasteiger partial charge in [-0.05, 0) is 146 Å². The van der Waals surface area contributed by atoms with E-state index >= 15 is 0 Å². The molecule has 0 spiro atoms. The Morgan fingerprint density at radius 3 is 1.61 bits per heavy atom. The van der Waals surface area contributed by atoms with Crippen molar-refractivity contribution in [3.8, 4) is 23.0 Å². The van der Waals surface area contributed by atoms with Gasteiger partial charge in [0, 0.05) is 34.3 Å². The van der Waals surface area contributed by atoms with Gasteiger partial charge in [0.25, 0.3) is 40.5 Å². The van der Waals surface area contributed by atoms with E-state index in [0.29, 0.717) is 39.5 Å². The second-order valence-corrected chi connectivity index (χ2v) is 22.7. The highest BCUT2D eigenvalue weighted by atomic mass is 32.2. The Bertz CT molecular complexity index is 3910. The van der Waals surface area contributed by atoms with Gasteiger partial charge in [-0.2, -0.15) is 54.1 Å². The Morgan fingerprint density at radius 2 is 1.01 bits per heavy atom. The van der Waals surface area contributed by atoms with Crippen LogP contribution in [0.15, 0.2) is 144 Å². The molecule has 0 saturated carbocycles. The number of methoxy groups -OCH3 is 1. The number of hydrogen-bond acceptors (Lipinski definition) is 19. The first-order valence-electron chi connectivity index (χ1n) is 22.2. The van der Waals surface area contributed by atoms with Crippen molar-refractivity contribution in [2.24, 2.45) is 30.7 Å². The summed E-state index contributed by atoms with van der Waals surface area (Å²) in [6, 6.07) is 26.2. The quantitative estimate of drug-likeness (QED) is 0.0221. The van der Waals surface area contributed by atoms with E-state index in [1.807, 2.05) is 0 Å². The van der Waals surface area contributed by atoms with Crippen LogP contribution in [-0.4, -0.2) is 88.8 Å². The van der Waals surface area contributed by atoms with E-state index < -0.39 is 73.2 Å². The Kier molecular flexibility index (Phi) is 16.6. The maximum Gasteiger partial charge on any atom is 0.296 e. The topological polar surface area (TPSA) is 352 Å². The first kappa shape index (κ1) is 55.3. The number of rotatable bonds is 21. The minimum atomic E-state index is -4.93. The molecule has 7 aromatic rings. The molecule has 0 amide bonds. The number of phenols is 1. The maximum absolute atomic E-state index is 12.7. The Labute approximate surface area is 430 Å². The second-order valence-electron chi connectivity index (χ2n) is 16.7. The molecule has 6 N–H and O–H groups in total. The highest BCUT2D eigenvalue weighted by Crippen LogP contribution is 2.44. The van der Waals surface area contributed by atoms with Gasteiger partial charge in [0.15, 0.2) is 5.75 Å². The zero-order valence-electron chi connectivity index (χ0n) is 40.1. The maximum atomic E-state index is 12.7. The molecule has 0 fully saturated rings. The fraction of sp³-hybridized carbons (Fsp3) is 0.208. The van der Waals surface area contributed by atoms with Crippen molar-refractivity contribution in [3.63, 3.8) is 0 Å². The van der Waals surface area contributed by atoms with Crippen LogP contribution >= 0.6 is 0 Å². The van der Waals surface area contributed by atoms with Crippen LogP contribution in [0.1, 0.15) is 29.5 Å². The van der Waals surface area contributed by atoms with Gasteiger partial charge in [0.1, 0.15) is 38.4 Å². The van der Waals surface area contributed by atoms with E-state index in [-0.39, 0.29) is 81.8 Å². The van der Waals surface area contributed by atoms with Crippen LogP contribution < -0.4 is 19.5 Å². The number of fused-ring (bicyclic) bond motifs is 2. The van der Waals surface area contributed by atoms with Gasteiger partial charge in [-0.1, -0.05) is 6.07 Å². The molecule has 7 rings (SSSR count). The molecule has 0 heterocycles. The molecule has 0 radical (unpaired) electrons. The van der Waals surface area contributed by atoms with Crippen LogP contribution in [0.25, 0.3) is 21.5 Å². The molecule has 0 aliphatic carbocycles. The minimum Gasteiger partial charge on any atom is -0.505 e. The Hall–Kier alpha value is -7.50. The number of phenolic OH excluding ortho intramolecular Hbond substituents is 1. The fourth-order valence-electron chi connectivity index (χ4n) is 7.36. The van der Waals surface area contributed by atoms with E-state index in [9.17, 15) is 52.4 Å². The van der Waals surface area contributed by atoms with Gasteiger partial charge < -0.3 is 24.6 Å². The summed E-state index contributed by atoms with van der Waals surface area (Å²) in [7, 11) is -16.7. The van der Waals surface area contributed by atoms with Crippen molar-refractivity contribution >= 4 is 108 Å². The monoisotopic (exact) mass is 1110 g/mol. The van der Waals surface area contributed by atoms with Gasteiger partial charge in [-0.25, -0.2) is 0 Å². The summed E-state index contributed by atoms with van der Waals surface area (Å²) in [5.74, 6) is -1.00. The van der Waals surface area contributed by atoms with Crippen LogP contribution in [0, 0.1) is 20.8 Å². The lowest BCUT2D eigenvalue weighted by Gasteiger charge is -2.12. The number of hydrogen-bond donors (Lipinski definition) is 6. The van der Waals surface area contributed by atoms with E-state index in [0.717, 1.165) is 6.07 Å². The van der Waals surface area contributed by atoms with Gasteiger partial charge in [-0.3, -0.25) is 18.2 Å². The Morgan fingerprint density at radius 1 is 0.493 bits per heavy atom. The van der Waals surface area contributed by atoms with Crippen molar-refractivity contribution < 1.29 is 71.2 Å². The third-order valence-electron chi connectivity index (χ3n) is 11.1. The number of benzene rings is 7. The van der Waals surface area contributed by atoms with E-state index in [2.05, 4.69) is 36.0 Å². The summed E-state index contributed by atoms with van der Waals surface area (Å²) >= 11 is 0. The van der Waals surface area contributed by atoms with Crippen molar-refractivity contribution in [3.05, 3.63) is 120 Å². The molecule has 394 valence electrons. The predicted molar refractivity (Wildman–Crippen MR) is 278 cm³/mol. The molecule has 23 nitrogen and oxygen atoms in total. The molecule has 27 heteroatoms. The van der Waals surface area contributed by atoms with Crippen LogP contribution in [0.5, 0.6) is 23.0 Å². The van der Waals surface area contributed by atoms with Crippen LogP contribution in [0.3, 0.4) is 0 Å². The van der Waals surface area contributed by atoms with Crippen molar-refractivity contribution in [2.45, 2.75) is 43.4 Å². The van der Waals surface area contributed by atoms with E-state index in [4.69, 9.17) is 18.8 Å². The molecule has 75 heavy (non-hydrogen) atoms. The smallest absolute Gasteiger partial charge is 0.296 e. The van der Waals surface area contributed by atoms with Crippen LogP contribution in [0.4, 0.5) is 45.5 Å².